The number of aromatic nitrogens is 3. The summed E-state index contributed by atoms with van der Waals surface area (Å²) in [5, 5.41) is 8.35. The van der Waals surface area contributed by atoms with Gasteiger partial charge < -0.3 is 19.4 Å². The number of likely N-dealkylation sites (N-methyl/N-ethyl adjacent to an activating group) is 1. The standard InChI is InChI=1S/C22H30N6O3/c1-16-20(23-24-28(16)18-5-4-6-19(15-18)31-3)22(30)26-9-7-17(8-10-26)21(29)27-13-11-25(2)12-14-27/h4-6,15,17H,7-14H2,1-3H3. The summed E-state index contributed by atoms with van der Waals surface area (Å²) in [4.78, 5) is 31.9. The molecule has 4 rings (SSSR count). The van der Waals surface area contributed by atoms with Gasteiger partial charge >= 0.3 is 0 Å². The van der Waals surface area contributed by atoms with Crippen molar-refractivity contribution >= 4 is 11.8 Å². The van der Waals surface area contributed by atoms with E-state index >= 15 is 0 Å². The number of piperazine rings is 1. The number of ether oxygens (including phenoxy) is 1. The van der Waals surface area contributed by atoms with Gasteiger partial charge in [-0.05, 0) is 38.9 Å². The number of nitrogens with zero attached hydrogens (tertiary/aromatic N) is 6. The molecular weight excluding hydrogens is 396 g/mol. The van der Waals surface area contributed by atoms with Crippen molar-refractivity contribution in [2.45, 2.75) is 19.8 Å². The molecule has 1 aromatic carbocycles. The lowest BCUT2D eigenvalue weighted by atomic mass is 9.94. The lowest BCUT2D eigenvalue weighted by Gasteiger charge is -2.37. The number of rotatable bonds is 4. The highest BCUT2D eigenvalue weighted by Crippen LogP contribution is 2.23. The number of hydrogen-bond acceptors (Lipinski definition) is 6. The Morgan fingerprint density at radius 3 is 2.42 bits per heavy atom. The van der Waals surface area contributed by atoms with Gasteiger partial charge in [-0.1, -0.05) is 11.3 Å². The van der Waals surface area contributed by atoms with E-state index in [-0.39, 0.29) is 17.7 Å². The Morgan fingerprint density at radius 1 is 1.03 bits per heavy atom. The van der Waals surface area contributed by atoms with Crippen molar-refractivity contribution in [1.29, 1.82) is 0 Å². The van der Waals surface area contributed by atoms with Crippen LogP contribution in [-0.4, -0.2) is 94.9 Å². The normalized spacial score (nSPS) is 18.3. The van der Waals surface area contributed by atoms with Gasteiger partial charge in [0.05, 0.1) is 18.5 Å². The fourth-order valence-corrected chi connectivity index (χ4v) is 4.28. The Morgan fingerprint density at radius 2 is 1.74 bits per heavy atom. The summed E-state index contributed by atoms with van der Waals surface area (Å²) in [5.74, 6) is 0.825. The maximum Gasteiger partial charge on any atom is 0.276 e. The highest BCUT2D eigenvalue weighted by atomic mass is 16.5. The van der Waals surface area contributed by atoms with Crippen LogP contribution < -0.4 is 4.74 Å². The number of piperidine rings is 1. The number of likely N-dealkylation sites (tertiary alicyclic amines) is 1. The number of hydrogen-bond donors (Lipinski definition) is 0. The van der Waals surface area contributed by atoms with Gasteiger partial charge in [0.2, 0.25) is 5.91 Å². The van der Waals surface area contributed by atoms with Gasteiger partial charge in [0.25, 0.3) is 5.91 Å². The molecule has 2 amide bonds. The maximum absolute atomic E-state index is 13.1. The van der Waals surface area contributed by atoms with Crippen LogP contribution >= 0.6 is 0 Å². The van der Waals surface area contributed by atoms with E-state index in [0.29, 0.717) is 43.1 Å². The van der Waals surface area contributed by atoms with Gasteiger partial charge in [0, 0.05) is 51.3 Å². The fraction of sp³-hybridized carbons (Fsp3) is 0.545. The summed E-state index contributed by atoms with van der Waals surface area (Å²) in [6.45, 7) is 6.40. The molecule has 2 aromatic rings. The van der Waals surface area contributed by atoms with Crippen LogP contribution in [0.4, 0.5) is 0 Å². The van der Waals surface area contributed by atoms with Crippen molar-refractivity contribution in [1.82, 2.24) is 29.7 Å². The quantitative estimate of drug-likeness (QED) is 0.731. The highest BCUT2D eigenvalue weighted by molar-refractivity contribution is 5.93. The van der Waals surface area contributed by atoms with Crippen molar-refractivity contribution in [3.8, 4) is 11.4 Å². The van der Waals surface area contributed by atoms with Crippen molar-refractivity contribution in [2.75, 3.05) is 53.4 Å². The summed E-state index contributed by atoms with van der Waals surface area (Å²) < 4.78 is 6.93. The first-order chi connectivity index (χ1) is 15.0. The molecule has 31 heavy (non-hydrogen) atoms. The summed E-state index contributed by atoms with van der Waals surface area (Å²) in [7, 11) is 3.69. The molecule has 0 aliphatic carbocycles. The predicted octanol–water partition coefficient (Wildman–Crippen LogP) is 1.21. The van der Waals surface area contributed by atoms with E-state index in [2.05, 4.69) is 22.3 Å². The molecular formula is C22H30N6O3. The molecule has 9 nitrogen and oxygen atoms in total. The average molecular weight is 427 g/mol. The average Bonchev–Trinajstić information content (AvgIpc) is 3.20. The van der Waals surface area contributed by atoms with Crippen LogP contribution in [0.2, 0.25) is 0 Å². The maximum atomic E-state index is 13.1. The number of methoxy groups -OCH3 is 1. The fourth-order valence-electron chi connectivity index (χ4n) is 4.28. The Kier molecular flexibility index (Phi) is 6.22. The minimum Gasteiger partial charge on any atom is -0.497 e. The lowest BCUT2D eigenvalue weighted by Crippen LogP contribution is -2.51. The monoisotopic (exact) mass is 426 g/mol. The molecule has 1 aromatic heterocycles. The summed E-state index contributed by atoms with van der Waals surface area (Å²) >= 11 is 0. The summed E-state index contributed by atoms with van der Waals surface area (Å²) in [5.41, 5.74) is 1.83. The smallest absolute Gasteiger partial charge is 0.276 e. The molecule has 166 valence electrons. The molecule has 0 N–H and O–H groups in total. The van der Waals surface area contributed by atoms with Gasteiger partial charge in [-0.25, -0.2) is 4.68 Å². The van der Waals surface area contributed by atoms with Crippen molar-refractivity contribution < 1.29 is 14.3 Å². The summed E-state index contributed by atoms with van der Waals surface area (Å²) in [6, 6.07) is 7.48. The number of carbonyl (C=O) groups excluding carboxylic acids is 2. The molecule has 0 unspecified atom stereocenters. The molecule has 0 saturated carbocycles. The molecule has 2 fully saturated rings. The van der Waals surface area contributed by atoms with Crippen LogP contribution in [-0.2, 0) is 4.79 Å². The molecule has 0 atom stereocenters. The van der Waals surface area contributed by atoms with Crippen LogP contribution in [0.15, 0.2) is 24.3 Å². The first-order valence-corrected chi connectivity index (χ1v) is 10.8. The zero-order valence-corrected chi connectivity index (χ0v) is 18.5. The third-order valence-electron chi connectivity index (χ3n) is 6.34. The molecule has 2 aliphatic rings. The summed E-state index contributed by atoms with van der Waals surface area (Å²) in [6.07, 6.45) is 1.39. The Bertz CT molecular complexity index is 942. The molecule has 0 bridgehead atoms. The topological polar surface area (TPSA) is 83.8 Å². The first-order valence-electron chi connectivity index (χ1n) is 10.8. The molecule has 9 heteroatoms. The second-order valence-corrected chi connectivity index (χ2v) is 8.33. The first kappa shape index (κ1) is 21.3. The largest absolute Gasteiger partial charge is 0.497 e. The number of carbonyl (C=O) groups is 2. The minimum atomic E-state index is -0.128. The van der Waals surface area contributed by atoms with E-state index in [1.807, 2.05) is 36.1 Å². The minimum absolute atomic E-state index is 0.000944. The second kappa shape index (κ2) is 9.05. The van der Waals surface area contributed by atoms with Gasteiger partial charge in [0.1, 0.15) is 5.75 Å². The lowest BCUT2D eigenvalue weighted by molar-refractivity contribution is -0.138. The third-order valence-corrected chi connectivity index (χ3v) is 6.34. The van der Waals surface area contributed by atoms with Gasteiger partial charge in [0.15, 0.2) is 5.69 Å². The highest BCUT2D eigenvalue weighted by Gasteiger charge is 2.33. The van der Waals surface area contributed by atoms with Crippen LogP contribution in [0.25, 0.3) is 5.69 Å². The van der Waals surface area contributed by atoms with E-state index in [4.69, 9.17) is 4.74 Å². The van der Waals surface area contributed by atoms with E-state index in [1.54, 1.807) is 16.7 Å². The van der Waals surface area contributed by atoms with E-state index < -0.39 is 0 Å². The zero-order valence-electron chi connectivity index (χ0n) is 18.5. The number of benzene rings is 1. The Labute approximate surface area is 182 Å². The third kappa shape index (κ3) is 4.41. The molecule has 0 spiro atoms. The predicted molar refractivity (Wildman–Crippen MR) is 115 cm³/mol. The van der Waals surface area contributed by atoms with Crippen molar-refractivity contribution in [3.05, 3.63) is 35.7 Å². The van der Waals surface area contributed by atoms with Gasteiger partial charge in [-0.2, -0.15) is 0 Å². The second-order valence-electron chi connectivity index (χ2n) is 8.33. The zero-order chi connectivity index (χ0) is 22.0. The molecule has 2 saturated heterocycles. The van der Waals surface area contributed by atoms with Crippen LogP contribution in [0.3, 0.4) is 0 Å². The molecule has 2 aliphatic heterocycles. The molecule has 0 radical (unpaired) electrons. The van der Waals surface area contributed by atoms with Gasteiger partial charge in [-0.15, -0.1) is 5.10 Å². The van der Waals surface area contributed by atoms with Crippen LogP contribution in [0.5, 0.6) is 5.75 Å². The van der Waals surface area contributed by atoms with E-state index in [0.717, 1.165) is 31.9 Å². The van der Waals surface area contributed by atoms with E-state index in [9.17, 15) is 9.59 Å². The molecule has 3 heterocycles. The van der Waals surface area contributed by atoms with Crippen molar-refractivity contribution in [2.24, 2.45) is 5.92 Å². The van der Waals surface area contributed by atoms with Crippen LogP contribution in [0, 0.1) is 12.8 Å². The SMILES string of the molecule is COc1cccc(-n2nnc(C(=O)N3CCC(C(=O)N4CCN(C)CC4)CC3)c2C)c1. The number of amides is 2. The van der Waals surface area contributed by atoms with Crippen molar-refractivity contribution in [3.63, 3.8) is 0 Å². The van der Waals surface area contributed by atoms with Gasteiger partial charge in [-0.3, -0.25) is 9.59 Å². The Balaban J connectivity index is 1.39. The Hall–Kier alpha value is -2.94. The van der Waals surface area contributed by atoms with Crippen LogP contribution in [0.1, 0.15) is 29.0 Å². The van der Waals surface area contributed by atoms with E-state index in [1.165, 1.54) is 0 Å².